The van der Waals surface area contributed by atoms with Crippen LogP contribution in [0.5, 0.6) is 0 Å². The van der Waals surface area contributed by atoms with Gasteiger partial charge >= 0.3 is 5.97 Å². The molecule has 0 aromatic heterocycles. The van der Waals surface area contributed by atoms with Gasteiger partial charge in [0.05, 0.1) is 12.5 Å². The predicted octanol–water partition coefficient (Wildman–Crippen LogP) is 7.78. The maximum absolute atomic E-state index is 10.7. The summed E-state index contributed by atoms with van der Waals surface area (Å²) < 4.78 is 0. The molecule has 2 N–H and O–H groups in total. The van der Waals surface area contributed by atoms with Crippen molar-refractivity contribution in [2.45, 2.75) is 73.1 Å². The minimum Gasteiger partial charge on any atom is -0.481 e. The monoisotopic (exact) mass is 450 g/mol. The number of aliphatic hydroxyl groups excluding tert-OH is 1. The average molecular weight is 451 g/mol. The number of hydrogen-bond acceptors (Lipinski definition) is 2. The molecule has 0 amide bonds. The van der Waals surface area contributed by atoms with E-state index in [1.165, 1.54) is 36.0 Å². The molecule has 0 saturated heterocycles. The summed E-state index contributed by atoms with van der Waals surface area (Å²) in [5.41, 5.74) is 6.54. The molecule has 3 heteroatoms. The van der Waals surface area contributed by atoms with Gasteiger partial charge in [0.15, 0.2) is 0 Å². The molecule has 0 radical (unpaired) electrons. The second-order valence-electron chi connectivity index (χ2n) is 9.38. The second-order valence-corrected chi connectivity index (χ2v) is 9.38. The summed E-state index contributed by atoms with van der Waals surface area (Å²) in [5.74, 6) is -1.10. The number of aliphatic hydroxyl groups is 1. The van der Waals surface area contributed by atoms with Crippen molar-refractivity contribution in [2.75, 3.05) is 6.61 Å². The first-order valence-electron chi connectivity index (χ1n) is 11.9. The van der Waals surface area contributed by atoms with Crippen LogP contribution in [0.1, 0.15) is 78.7 Å². The summed E-state index contributed by atoms with van der Waals surface area (Å²) in [6.45, 7) is 13.0. The maximum Gasteiger partial charge on any atom is 0.310 e. The first kappa shape index (κ1) is 28.4. The lowest BCUT2D eigenvalue weighted by Crippen LogP contribution is -2.19. The molecule has 1 aliphatic rings. The molecular formula is C30H42O3. The van der Waals surface area contributed by atoms with E-state index in [1.807, 2.05) is 56.3 Å². The maximum atomic E-state index is 10.7. The molecule has 0 saturated carbocycles. The largest absolute Gasteiger partial charge is 0.481 e. The Morgan fingerprint density at radius 2 is 1.79 bits per heavy atom. The summed E-state index contributed by atoms with van der Waals surface area (Å²) in [7, 11) is 0. The van der Waals surface area contributed by atoms with Gasteiger partial charge in [0.25, 0.3) is 0 Å². The van der Waals surface area contributed by atoms with E-state index in [4.69, 9.17) is 10.2 Å². The number of carbonyl (C=O) groups is 1. The van der Waals surface area contributed by atoms with E-state index in [2.05, 4.69) is 45.9 Å². The van der Waals surface area contributed by atoms with E-state index in [1.54, 1.807) is 6.08 Å². The molecule has 1 aliphatic carbocycles. The standard InChI is InChI=1S/C20H30O.C10H12O2/c1-16(8-6-9-17(2)13-15-21)11-12-19-18(3)10-7-14-20(19,4)5;1-2-9(10(11)12)8-6-4-3-5-7-8/h6,8-9,11-13,21H,7,10,14-15H2,1-5H3;3-7,9H,2H2,1H3,(H,11,12)/b9-6+,12-11+,16-8+,17-13+;. The zero-order chi connectivity index (χ0) is 24.9. The first-order chi connectivity index (χ1) is 15.6. The van der Waals surface area contributed by atoms with Gasteiger partial charge in [0, 0.05) is 0 Å². The van der Waals surface area contributed by atoms with Gasteiger partial charge in [-0.15, -0.1) is 0 Å². The predicted molar refractivity (Wildman–Crippen MR) is 140 cm³/mol. The highest BCUT2D eigenvalue weighted by Gasteiger charge is 2.26. The van der Waals surface area contributed by atoms with Crippen molar-refractivity contribution in [3.8, 4) is 0 Å². The molecule has 1 aromatic carbocycles. The Hall–Kier alpha value is -2.65. The molecular weight excluding hydrogens is 408 g/mol. The fourth-order valence-corrected chi connectivity index (χ4v) is 4.08. The molecule has 0 bridgehead atoms. The summed E-state index contributed by atoms with van der Waals surface area (Å²) >= 11 is 0. The number of benzene rings is 1. The van der Waals surface area contributed by atoms with Crippen molar-refractivity contribution in [1.29, 1.82) is 0 Å². The molecule has 3 nitrogen and oxygen atoms in total. The molecule has 1 aromatic rings. The Balaban J connectivity index is 0.000000383. The zero-order valence-corrected chi connectivity index (χ0v) is 21.3. The molecule has 1 unspecified atom stereocenters. The average Bonchev–Trinajstić information content (AvgIpc) is 2.74. The van der Waals surface area contributed by atoms with Crippen LogP contribution in [0.4, 0.5) is 0 Å². The SMILES string of the molecule is CC1=C(/C=C/C(C)=C/C=C/C(C)=C/CO)C(C)(C)CCC1.CCC(C(=O)O)c1ccccc1. The molecule has 0 heterocycles. The van der Waals surface area contributed by atoms with E-state index >= 15 is 0 Å². The molecule has 0 spiro atoms. The lowest BCUT2D eigenvalue weighted by atomic mass is 9.72. The van der Waals surface area contributed by atoms with Gasteiger partial charge in [-0.3, -0.25) is 4.79 Å². The Morgan fingerprint density at radius 1 is 1.12 bits per heavy atom. The van der Waals surface area contributed by atoms with Crippen LogP contribution in [0.2, 0.25) is 0 Å². The van der Waals surface area contributed by atoms with Crippen LogP contribution in [-0.2, 0) is 4.79 Å². The summed E-state index contributed by atoms with van der Waals surface area (Å²) in [5, 5.41) is 17.6. The third-order valence-electron chi connectivity index (χ3n) is 6.10. The van der Waals surface area contributed by atoms with Crippen LogP contribution in [-0.4, -0.2) is 22.8 Å². The Labute approximate surface area is 200 Å². The zero-order valence-electron chi connectivity index (χ0n) is 21.3. The number of carboxylic acid groups (broad SMARTS) is 1. The molecule has 1 atom stereocenters. The molecule has 33 heavy (non-hydrogen) atoms. The third kappa shape index (κ3) is 10.2. The Bertz CT molecular complexity index is 896. The molecule has 180 valence electrons. The van der Waals surface area contributed by atoms with Gasteiger partial charge < -0.3 is 10.2 Å². The summed E-state index contributed by atoms with van der Waals surface area (Å²) in [6.07, 6.45) is 16.9. The smallest absolute Gasteiger partial charge is 0.310 e. The van der Waals surface area contributed by atoms with Gasteiger partial charge in [0.1, 0.15) is 0 Å². The fourth-order valence-electron chi connectivity index (χ4n) is 4.08. The summed E-state index contributed by atoms with van der Waals surface area (Å²) in [6, 6.07) is 9.31. The first-order valence-corrected chi connectivity index (χ1v) is 11.9. The number of hydrogen-bond donors (Lipinski definition) is 2. The fraction of sp³-hybridized carbons (Fsp3) is 0.433. The quantitative estimate of drug-likeness (QED) is 0.398. The minimum absolute atomic E-state index is 0.0985. The van der Waals surface area contributed by atoms with Crippen LogP contribution in [0.25, 0.3) is 0 Å². The third-order valence-corrected chi connectivity index (χ3v) is 6.10. The van der Waals surface area contributed by atoms with Crippen molar-refractivity contribution in [1.82, 2.24) is 0 Å². The second kappa shape index (κ2) is 14.5. The highest BCUT2D eigenvalue weighted by molar-refractivity contribution is 5.75. The highest BCUT2D eigenvalue weighted by atomic mass is 16.4. The summed E-state index contributed by atoms with van der Waals surface area (Å²) in [4.78, 5) is 10.7. The van der Waals surface area contributed by atoms with Crippen LogP contribution < -0.4 is 0 Å². The van der Waals surface area contributed by atoms with Crippen molar-refractivity contribution < 1.29 is 15.0 Å². The topological polar surface area (TPSA) is 57.5 Å². The molecule has 0 fully saturated rings. The van der Waals surface area contributed by atoms with Crippen molar-refractivity contribution >= 4 is 5.97 Å². The normalized spacial score (nSPS) is 17.8. The van der Waals surface area contributed by atoms with Gasteiger partial charge in [-0.2, -0.15) is 0 Å². The highest BCUT2D eigenvalue weighted by Crippen LogP contribution is 2.40. The van der Waals surface area contributed by atoms with Crippen LogP contribution >= 0.6 is 0 Å². The van der Waals surface area contributed by atoms with Crippen molar-refractivity contribution in [2.24, 2.45) is 5.41 Å². The molecule has 2 rings (SSSR count). The number of rotatable bonds is 8. The van der Waals surface area contributed by atoms with E-state index in [0.29, 0.717) is 11.8 Å². The number of allylic oxidation sites excluding steroid dienone is 9. The van der Waals surface area contributed by atoms with E-state index in [-0.39, 0.29) is 12.5 Å². The van der Waals surface area contributed by atoms with Gasteiger partial charge in [-0.25, -0.2) is 0 Å². The van der Waals surface area contributed by atoms with E-state index < -0.39 is 5.97 Å². The van der Waals surface area contributed by atoms with Crippen molar-refractivity contribution in [3.63, 3.8) is 0 Å². The Morgan fingerprint density at radius 3 is 2.33 bits per heavy atom. The lowest BCUT2D eigenvalue weighted by Gasteiger charge is -2.32. The number of carboxylic acids is 1. The molecule has 0 aliphatic heterocycles. The van der Waals surface area contributed by atoms with Crippen molar-refractivity contribution in [3.05, 3.63) is 94.6 Å². The lowest BCUT2D eigenvalue weighted by molar-refractivity contribution is -0.138. The van der Waals surface area contributed by atoms with Crippen LogP contribution in [0.3, 0.4) is 0 Å². The van der Waals surface area contributed by atoms with E-state index in [9.17, 15) is 4.79 Å². The van der Waals surface area contributed by atoms with Gasteiger partial charge in [-0.05, 0) is 63.0 Å². The van der Waals surface area contributed by atoms with Gasteiger partial charge in [-0.1, -0.05) is 104 Å². The van der Waals surface area contributed by atoms with Gasteiger partial charge in [0.2, 0.25) is 0 Å². The van der Waals surface area contributed by atoms with Crippen LogP contribution in [0.15, 0.2) is 89.1 Å². The van der Waals surface area contributed by atoms with E-state index in [0.717, 1.165) is 11.1 Å². The Kier molecular flexibility index (Phi) is 12.5. The number of aliphatic carboxylic acids is 1. The minimum atomic E-state index is -0.747. The van der Waals surface area contributed by atoms with Crippen LogP contribution in [0, 0.1) is 5.41 Å².